The molecule has 0 aliphatic rings. The number of carbonyl (C=O) groups is 1. The highest BCUT2D eigenvalue weighted by molar-refractivity contribution is 5.88. The van der Waals surface area contributed by atoms with Gasteiger partial charge >= 0.3 is 5.97 Å². The normalized spacial score (nSPS) is 10.8. The summed E-state index contributed by atoms with van der Waals surface area (Å²) in [5, 5.41) is 10.6. The van der Waals surface area contributed by atoms with E-state index in [-0.39, 0.29) is 11.4 Å². The Hall–Kier alpha value is -3.15. The van der Waals surface area contributed by atoms with E-state index >= 15 is 0 Å². The van der Waals surface area contributed by atoms with Crippen LogP contribution in [-0.2, 0) is 4.79 Å². The fourth-order valence-corrected chi connectivity index (χ4v) is 2.70. The van der Waals surface area contributed by atoms with Crippen LogP contribution in [0.2, 0.25) is 0 Å². The summed E-state index contributed by atoms with van der Waals surface area (Å²) in [5.41, 5.74) is 0.789. The molecule has 0 aliphatic carbocycles. The van der Waals surface area contributed by atoms with E-state index < -0.39 is 10.9 Å². The van der Waals surface area contributed by atoms with Crippen molar-refractivity contribution in [2.75, 3.05) is 6.61 Å². The maximum atomic E-state index is 11.9. The van der Waals surface area contributed by atoms with Gasteiger partial charge in [-0.3, -0.25) is 10.1 Å². The Labute approximate surface area is 171 Å². The van der Waals surface area contributed by atoms with Gasteiger partial charge < -0.3 is 9.47 Å². The zero-order chi connectivity index (χ0) is 20.9. The minimum Gasteiger partial charge on any atom is -0.494 e. The molecule has 29 heavy (non-hydrogen) atoms. The number of ether oxygens (including phenoxy) is 2. The summed E-state index contributed by atoms with van der Waals surface area (Å²) >= 11 is 0. The molecule has 0 bridgehead atoms. The predicted molar refractivity (Wildman–Crippen MR) is 113 cm³/mol. The Morgan fingerprint density at radius 2 is 1.55 bits per heavy atom. The summed E-state index contributed by atoms with van der Waals surface area (Å²) in [5.74, 6) is 0.509. The minimum atomic E-state index is -0.553. The van der Waals surface area contributed by atoms with Crippen molar-refractivity contribution in [3.63, 3.8) is 0 Å². The number of carbonyl (C=O) groups excluding carboxylic acids is 1. The third kappa shape index (κ3) is 8.60. The summed E-state index contributed by atoms with van der Waals surface area (Å²) in [6, 6.07) is 12.8. The second-order valence-electron chi connectivity index (χ2n) is 6.69. The highest BCUT2D eigenvalue weighted by atomic mass is 16.6. The number of hydrogen-bond donors (Lipinski definition) is 0. The second-order valence-corrected chi connectivity index (χ2v) is 6.69. The number of nitro groups is 1. The number of unbranched alkanes of at least 4 members (excludes halogenated alkanes) is 5. The van der Waals surface area contributed by atoms with Gasteiger partial charge in [0.1, 0.15) is 11.5 Å². The lowest BCUT2D eigenvalue weighted by Gasteiger charge is -2.06. The number of benzene rings is 2. The molecule has 0 aromatic heterocycles. The summed E-state index contributed by atoms with van der Waals surface area (Å²) in [6.45, 7) is 2.92. The van der Waals surface area contributed by atoms with E-state index in [1.807, 2.05) is 24.3 Å². The van der Waals surface area contributed by atoms with E-state index in [4.69, 9.17) is 9.47 Å². The molecular formula is C23H27NO5. The van der Waals surface area contributed by atoms with Crippen molar-refractivity contribution in [3.8, 4) is 11.5 Å². The third-order valence-corrected chi connectivity index (χ3v) is 4.32. The van der Waals surface area contributed by atoms with Crippen molar-refractivity contribution in [1.29, 1.82) is 0 Å². The first-order chi connectivity index (χ1) is 14.1. The van der Waals surface area contributed by atoms with Crippen molar-refractivity contribution in [2.45, 2.75) is 45.4 Å². The van der Waals surface area contributed by atoms with Gasteiger partial charge in [-0.05, 0) is 42.3 Å². The second kappa shape index (κ2) is 12.3. The molecule has 0 spiro atoms. The van der Waals surface area contributed by atoms with Gasteiger partial charge in [-0.2, -0.15) is 0 Å². The van der Waals surface area contributed by atoms with Crippen molar-refractivity contribution in [3.05, 3.63) is 70.3 Å². The first-order valence-corrected chi connectivity index (χ1v) is 9.95. The smallest absolute Gasteiger partial charge is 0.336 e. The SMILES string of the molecule is CCCCCCCCOc1ccc(/C=C/C(=O)Oc2ccc([N+](=O)[O-])cc2)cc1. The van der Waals surface area contributed by atoms with Gasteiger partial charge in [0.15, 0.2) is 0 Å². The summed E-state index contributed by atoms with van der Waals surface area (Å²) in [7, 11) is 0. The average Bonchev–Trinajstić information content (AvgIpc) is 2.73. The molecule has 0 radical (unpaired) electrons. The molecule has 0 aliphatic heterocycles. The third-order valence-electron chi connectivity index (χ3n) is 4.32. The van der Waals surface area contributed by atoms with Crippen LogP contribution in [0.1, 0.15) is 51.0 Å². The molecule has 0 atom stereocenters. The van der Waals surface area contributed by atoms with Gasteiger partial charge in [0, 0.05) is 18.2 Å². The Bertz CT molecular complexity index is 797. The van der Waals surface area contributed by atoms with Crippen LogP contribution in [0, 0.1) is 10.1 Å². The number of rotatable bonds is 12. The van der Waals surface area contributed by atoms with Gasteiger partial charge in [0.25, 0.3) is 5.69 Å². The predicted octanol–water partition coefficient (Wildman–Crippen LogP) is 5.95. The Kier molecular flexibility index (Phi) is 9.42. The van der Waals surface area contributed by atoms with Crippen molar-refractivity contribution in [1.82, 2.24) is 0 Å². The molecule has 2 aromatic rings. The van der Waals surface area contributed by atoms with Crippen LogP contribution in [0.3, 0.4) is 0 Å². The quantitative estimate of drug-likeness (QED) is 0.110. The van der Waals surface area contributed by atoms with Crippen molar-refractivity contribution in [2.24, 2.45) is 0 Å². The van der Waals surface area contributed by atoms with Crippen LogP contribution in [0.15, 0.2) is 54.6 Å². The van der Waals surface area contributed by atoms with E-state index in [2.05, 4.69) is 6.92 Å². The molecule has 0 amide bonds. The van der Waals surface area contributed by atoms with E-state index in [1.54, 1.807) is 6.08 Å². The zero-order valence-corrected chi connectivity index (χ0v) is 16.7. The lowest BCUT2D eigenvalue weighted by Crippen LogP contribution is -2.03. The van der Waals surface area contributed by atoms with Gasteiger partial charge in [0.2, 0.25) is 0 Å². The molecule has 154 valence electrons. The zero-order valence-electron chi connectivity index (χ0n) is 16.7. The summed E-state index contributed by atoms with van der Waals surface area (Å²) < 4.78 is 10.9. The van der Waals surface area contributed by atoms with Crippen LogP contribution < -0.4 is 9.47 Å². The molecule has 2 aromatic carbocycles. The van der Waals surface area contributed by atoms with Gasteiger partial charge in [-0.15, -0.1) is 0 Å². The molecule has 0 saturated carbocycles. The van der Waals surface area contributed by atoms with E-state index in [0.29, 0.717) is 6.61 Å². The summed E-state index contributed by atoms with van der Waals surface area (Å²) in [6.07, 6.45) is 10.3. The number of nitrogens with zero attached hydrogens (tertiary/aromatic N) is 1. The Balaban J connectivity index is 1.73. The van der Waals surface area contributed by atoms with E-state index in [9.17, 15) is 14.9 Å². The largest absolute Gasteiger partial charge is 0.494 e. The Morgan fingerprint density at radius 1 is 0.931 bits per heavy atom. The lowest BCUT2D eigenvalue weighted by atomic mass is 10.1. The molecule has 0 heterocycles. The average molecular weight is 397 g/mol. The fraction of sp³-hybridized carbons (Fsp3) is 0.348. The first-order valence-electron chi connectivity index (χ1n) is 9.95. The first kappa shape index (κ1) is 22.1. The molecule has 6 heteroatoms. The molecule has 0 saturated heterocycles. The molecule has 2 rings (SSSR count). The van der Waals surface area contributed by atoms with Crippen LogP contribution in [0.5, 0.6) is 11.5 Å². The molecule has 6 nitrogen and oxygen atoms in total. The number of hydrogen-bond acceptors (Lipinski definition) is 5. The van der Waals surface area contributed by atoms with Gasteiger partial charge in [-0.1, -0.05) is 51.2 Å². The van der Waals surface area contributed by atoms with Crippen LogP contribution in [-0.4, -0.2) is 17.5 Å². The van der Waals surface area contributed by atoms with Gasteiger partial charge in [0.05, 0.1) is 11.5 Å². The monoisotopic (exact) mass is 397 g/mol. The maximum absolute atomic E-state index is 11.9. The van der Waals surface area contributed by atoms with Crippen LogP contribution in [0.25, 0.3) is 6.08 Å². The van der Waals surface area contributed by atoms with Crippen LogP contribution >= 0.6 is 0 Å². The van der Waals surface area contributed by atoms with Crippen molar-refractivity contribution >= 4 is 17.7 Å². The highest BCUT2D eigenvalue weighted by Crippen LogP contribution is 2.18. The molecule has 0 fully saturated rings. The maximum Gasteiger partial charge on any atom is 0.336 e. The molecular weight excluding hydrogens is 370 g/mol. The number of nitro benzene ring substituents is 1. The minimum absolute atomic E-state index is 0.0563. The molecule has 0 N–H and O–H groups in total. The number of esters is 1. The van der Waals surface area contributed by atoms with Gasteiger partial charge in [-0.25, -0.2) is 4.79 Å². The van der Waals surface area contributed by atoms with E-state index in [1.165, 1.54) is 62.4 Å². The summed E-state index contributed by atoms with van der Waals surface area (Å²) in [4.78, 5) is 22.0. The van der Waals surface area contributed by atoms with E-state index in [0.717, 1.165) is 17.7 Å². The standard InChI is InChI=1S/C23H27NO5/c1-2-3-4-5-6-7-18-28-21-13-8-19(9-14-21)10-17-23(25)29-22-15-11-20(12-16-22)24(26)27/h8-17H,2-7,18H2,1H3/b17-10+. The highest BCUT2D eigenvalue weighted by Gasteiger charge is 2.06. The van der Waals surface area contributed by atoms with Crippen LogP contribution in [0.4, 0.5) is 5.69 Å². The fourth-order valence-electron chi connectivity index (χ4n) is 2.70. The number of non-ortho nitro benzene ring substituents is 1. The molecule has 0 unspecified atom stereocenters. The Morgan fingerprint density at radius 3 is 2.21 bits per heavy atom. The topological polar surface area (TPSA) is 78.7 Å². The lowest BCUT2D eigenvalue weighted by molar-refractivity contribution is -0.384. The van der Waals surface area contributed by atoms with Crippen molar-refractivity contribution < 1.29 is 19.2 Å².